The minimum absolute atomic E-state index is 0.00783. The molecule has 30 heavy (non-hydrogen) atoms. The van der Waals surface area contributed by atoms with Crippen molar-refractivity contribution in [2.24, 2.45) is 5.10 Å². The molecule has 2 aromatic carbocycles. The van der Waals surface area contributed by atoms with Crippen molar-refractivity contribution < 1.29 is 21.6 Å². The van der Waals surface area contributed by atoms with E-state index < -0.39 is 26.1 Å². The zero-order valence-corrected chi connectivity index (χ0v) is 18.7. The number of sulfonamides is 2. The van der Waals surface area contributed by atoms with Crippen LogP contribution < -0.4 is 9.46 Å². The van der Waals surface area contributed by atoms with Crippen molar-refractivity contribution in [3.8, 4) is 5.75 Å². The number of nitrogens with zero attached hydrogens (tertiary/aromatic N) is 2. The average Bonchev–Trinajstić information content (AvgIpc) is 3.13. The number of nitrogens with one attached hydrogen (secondary N) is 1. The number of anilines is 1. The van der Waals surface area contributed by atoms with Crippen LogP contribution in [0.3, 0.4) is 0 Å². The zero-order valence-electron chi connectivity index (χ0n) is 17.1. The maximum atomic E-state index is 12.9. The first-order valence-corrected chi connectivity index (χ1v) is 12.9. The zero-order chi connectivity index (χ0) is 21.9. The van der Waals surface area contributed by atoms with Gasteiger partial charge in [0.25, 0.3) is 0 Å². The van der Waals surface area contributed by atoms with Gasteiger partial charge >= 0.3 is 0 Å². The Kier molecular flexibility index (Phi) is 6.37. The molecule has 10 heteroatoms. The normalized spacial score (nSPS) is 17.0. The van der Waals surface area contributed by atoms with E-state index in [1.165, 1.54) is 4.41 Å². The second-order valence-corrected chi connectivity index (χ2v) is 10.8. The van der Waals surface area contributed by atoms with Gasteiger partial charge in [-0.15, -0.1) is 0 Å². The molecular weight excluding hydrogens is 426 g/mol. The van der Waals surface area contributed by atoms with E-state index in [2.05, 4.69) is 9.82 Å². The summed E-state index contributed by atoms with van der Waals surface area (Å²) in [6.45, 7) is 1.81. The fourth-order valence-corrected chi connectivity index (χ4v) is 5.39. The summed E-state index contributed by atoms with van der Waals surface area (Å²) in [6.07, 6.45) is 1.93. The highest BCUT2D eigenvalue weighted by Crippen LogP contribution is 2.36. The average molecular weight is 452 g/mol. The highest BCUT2D eigenvalue weighted by atomic mass is 32.2. The van der Waals surface area contributed by atoms with E-state index in [4.69, 9.17) is 4.74 Å². The predicted octanol–water partition coefficient (Wildman–Crippen LogP) is 2.96. The van der Waals surface area contributed by atoms with E-state index in [0.717, 1.165) is 11.8 Å². The fourth-order valence-electron chi connectivity index (χ4n) is 3.32. The Bertz CT molecular complexity index is 1140. The Labute approximate surface area is 177 Å². The molecule has 0 aliphatic carbocycles. The summed E-state index contributed by atoms with van der Waals surface area (Å²) in [6, 6.07) is 13.5. The lowest BCUT2D eigenvalue weighted by atomic mass is 9.99. The predicted molar refractivity (Wildman–Crippen MR) is 118 cm³/mol. The van der Waals surface area contributed by atoms with E-state index in [0.29, 0.717) is 35.6 Å². The maximum absolute atomic E-state index is 12.9. The van der Waals surface area contributed by atoms with E-state index in [9.17, 15) is 16.8 Å². The Balaban J connectivity index is 1.99. The first-order chi connectivity index (χ1) is 14.1. The number of hydrazone groups is 1. The number of benzene rings is 2. The molecule has 1 aliphatic rings. The van der Waals surface area contributed by atoms with Crippen LogP contribution in [0.15, 0.2) is 53.6 Å². The van der Waals surface area contributed by atoms with Crippen molar-refractivity contribution in [1.82, 2.24) is 4.41 Å². The summed E-state index contributed by atoms with van der Waals surface area (Å²) in [5, 5.41) is 4.44. The van der Waals surface area contributed by atoms with Crippen LogP contribution in [0.2, 0.25) is 0 Å². The summed E-state index contributed by atoms with van der Waals surface area (Å²) in [5.74, 6) is 0.673. The van der Waals surface area contributed by atoms with Crippen LogP contribution >= 0.6 is 0 Å². The molecule has 0 radical (unpaired) electrons. The lowest BCUT2D eigenvalue weighted by molar-refractivity contribution is 0.370. The molecule has 0 bridgehead atoms. The Morgan fingerprint density at radius 2 is 1.83 bits per heavy atom. The molecule has 0 amide bonds. The highest BCUT2D eigenvalue weighted by molar-refractivity contribution is 7.92. The Morgan fingerprint density at radius 3 is 2.43 bits per heavy atom. The van der Waals surface area contributed by atoms with Crippen LogP contribution in [0.4, 0.5) is 5.69 Å². The summed E-state index contributed by atoms with van der Waals surface area (Å²) >= 11 is 0. The number of ether oxygens (including phenoxy) is 1. The summed E-state index contributed by atoms with van der Waals surface area (Å²) in [5.41, 5.74) is 2.44. The number of hydrogen-bond acceptors (Lipinski definition) is 6. The van der Waals surface area contributed by atoms with Crippen molar-refractivity contribution in [2.75, 3.05) is 23.8 Å². The third-order valence-electron chi connectivity index (χ3n) is 4.62. The molecule has 0 saturated carbocycles. The molecule has 3 rings (SSSR count). The van der Waals surface area contributed by atoms with Crippen molar-refractivity contribution >= 4 is 31.4 Å². The van der Waals surface area contributed by atoms with Gasteiger partial charge in [-0.2, -0.15) is 9.52 Å². The van der Waals surface area contributed by atoms with Gasteiger partial charge in [0.15, 0.2) is 0 Å². The van der Waals surface area contributed by atoms with Crippen LogP contribution in [-0.4, -0.2) is 46.1 Å². The van der Waals surface area contributed by atoms with Gasteiger partial charge in [-0.3, -0.25) is 4.72 Å². The van der Waals surface area contributed by atoms with Gasteiger partial charge < -0.3 is 4.74 Å². The Hall–Kier alpha value is -2.59. The van der Waals surface area contributed by atoms with Gasteiger partial charge in [0.05, 0.1) is 30.9 Å². The minimum atomic E-state index is -3.60. The molecule has 8 nitrogen and oxygen atoms in total. The van der Waals surface area contributed by atoms with Crippen LogP contribution in [0.1, 0.15) is 36.9 Å². The van der Waals surface area contributed by atoms with Gasteiger partial charge in [-0.1, -0.05) is 31.2 Å². The van der Waals surface area contributed by atoms with Crippen LogP contribution in [-0.2, 0) is 20.0 Å². The largest absolute Gasteiger partial charge is 0.497 e. The number of rotatable bonds is 8. The lowest BCUT2D eigenvalue weighted by Crippen LogP contribution is -2.29. The van der Waals surface area contributed by atoms with Gasteiger partial charge in [0.1, 0.15) is 5.75 Å². The van der Waals surface area contributed by atoms with E-state index in [1.54, 1.807) is 50.4 Å². The standard InChI is InChI=1S/C20H25N3O5S2/c1-4-12-30(26,27)23-20(15-8-10-18(28-2)11-9-15)14-19(21-23)16-6-5-7-17(13-16)22-29(3,24)25/h5-11,13,20,22H,4,12,14H2,1-3H3. The Morgan fingerprint density at radius 1 is 1.13 bits per heavy atom. The molecule has 1 N–H and O–H groups in total. The fraction of sp³-hybridized carbons (Fsp3) is 0.350. The van der Waals surface area contributed by atoms with Crippen LogP contribution in [0.25, 0.3) is 0 Å². The molecule has 1 unspecified atom stereocenters. The van der Waals surface area contributed by atoms with Gasteiger partial charge in [-0.05, 0) is 41.8 Å². The number of methoxy groups -OCH3 is 1. The quantitative estimate of drug-likeness (QED) is 0.664. The highest BCUT2D eigenvalue weighted by Gasteiger charge is 2.36. The van der Waals surface area contributed by atoms with Crippen LogP contribution in [0, 0.1) is 0 Å². The molecule has 1 heterocycles. The molecule has 0 spiro atoms. The van der Waals surface area contributed by atoms with Gasteiger partial charge in [0.2, 0.25) is 20.0 Å². The van der Waals surface area contributed by atoms with Crippen molar-refractivity contribution in [3.63, 3.8) is 0 Å². The smallest absolute Gasteiger partial charge is 0.250 e. The van der Waals surface area contributed by atoms with Crippen LogP contribution in [0.5, 0.6) is 5.75 Å². The van der Waals surface area contributed by atoms with Gasteiger partial charge in [-0.25, -0.2) is 16.8 Å². The SMILES string of the molecule is CCCS(=O)(=O)N1N=C(c2cccc(NS(C)(=O)=O)c2)CC1c1ccc(OC)cc1. The molecule has 0 saturated heterocycles. The molecule has 1 aliphatic heterocycles. The summed E-state index contributed by atoms with van der Waals surface area (Å²) < 4.78 is 57.6. The maximum Gasteiger partial charge on any atom is 0.250 e. The van der Waals surface area contributed by atoms with E-state index in [1.807, 2.05) is 12.1 Å². The second-order valence-electron chi connectivity index (χ2n) is 7.08. The van der Waals surface area contributed by atoms with Crippen molar-refractivity contribution in [2.45, 2.75) is 25.8 Å². The molecule has 162 valence electrons. The second kappa shape index (κ2) is 8.65. The molecule has 1 atom stereocenters. The summed E-state index contributed by atoms with van der Waals surface area (Å²) in [4.78, 5) is 0. The monoisotopic (exact) mass is 451 g/mol. The third-order valence-corrected chi connectivity index (χ3v) is 7.06. The topological polar surface area (TPSA) is 105 Å². The van der Waals surface area contributed by atoms with E-state index >= 15 is 0 Å². The molecule has 2 aromatic rings. The molecule has 0 aromatic heterocycles. The minimum Gasteiger partial charge on any atom is -0.497 e. The van der Waals surface area contributed by atoms with Gasteiger partial charge in [0, 0.05) is 12.1 Å². The van der Waals surface area contributed by atoms with Crippen molar-refractivity contribution in [1.29, 1.82) is 0 Å². The summed E-state index contributed by atoms with van der Waals surface area (Å²) in [7, 11) is -5.46. The van der Waals surface area contributed by atoms with Crippen molar-refractivity contribution in [3.05, 3.63) is 59.7 Å². The lowest BCUT2D eigenvalue weighted by Gasteiger charge is -2.23. The molecular formula is C20H25N3O5S2. The third kappa shape index (κ3) is 5.11. The number of hydrogen-bond donors (Lipinski definition) is 1. The first kappa shape index (κ1) is 22.1. The van der Waals surface area contributed by atoms with E-state index in [-0.39, 0.29) is 5.75 Å². The molecule has 0 fully saturated rings. The first-order valence-electron chi connectivity index (χ1n) is 9.44.